The van der Waals surface area contributed by atoms with Gasteiger partial charge < -0.3 is 9.64 Å². The molecule has 0 spiro atoms. The maximum atomic E-state index is 13.0. The minimum absolute atomic E-state index is 0.222. The zero-order valence-electron chi connectivity index (χ0n) is 15.3. The summed E-state index contributed by atoms with van der Waals surface area (Å²) in [5.74, 6) is 0.480. The molecule has 1 aromatic heterocycles. The molecule has 0 saturated heterocycles. The number of nitrogens with zero attached hydrogens (tertiary/aromatic N) is 3. The Morgan fingerprint density at radius 2 is 1.88 bits per heavy atom. The number of methoxy groups -OCH3 is 1. The quantitative estimate of drug-likeness (QED) is 0.724. The fourth-order valence-corrected chi connectivity index (χ4v) is 3.00. The van der Waals surface area contributed by atoms with Crippen LogP contribution < -0.4 is 10.3 Å². The van der Waals surface area contributed by atoms with Gasteiger partial charge in [-0.3, -0.25) is 9.59 Å². The van der Waals surface area contributed by atoms with E-state index in [0.717, 1.165) is 16.9 Å². The average Bonchev–Trinajstić information content (AvgIpc) is 2.64. The lowest BCUT2D eigenvalue weighted by Gasteiger charge is -2.20. The van der Waals surface area contributed by atoms with Gasteiger partial charge in [0.05, 0.1) is 12.5 Å². The second kappa shape index (κ2) is 7.00. The van der Waals surface area contributed by atoms with Crippen molar-refractivity contribution in [1.82, 2.24) is 14.7 Å². The Balaban J connectivity index is 2.00. The molecular formula is C20H21N3O3. The van der Waals surface area contributed by atoms with E-state index in [1.807, 2.05) is 25.1 Å². The number of ether oxygens (including phenoxy) is 1. The zero-order valence-corrected chi connectivity index (χ0v) is 15.3. The third-order valence-corrected chi connectivity index (χ3v) is 4.35. The summed E-state index contributed by atoms with van der Waals surface area (Å²) in [6.45, 7) is 2.37. The number of aromatic nitrogens is 2. The molecule has 134 valence electrons. The van der Waals surface area contributed by atoms with Crippen molar-refractivity contribution in [2.75, 3.05) is 14.2 Å². The van der Waals surface area contributed by atoms with Crippen LogP contribution in [0.25, 0.3) is 10.8 Å². The number of benzene rings is 2. The SMILES string of the molecule is COc1ccc(C)cc1CN(C)C(=O)c1nn(C)c(=O)c2ccccc12. The van der Waals surface area contributed by atoms with Gasteiger partial charge in [-0.2, -0.15) is 5.10 Å². The summed E-state index contributed by atoms with van der Waals surface area (Å²) in [7, 11) is 4.87. The molecule has 6 nitrogen and oxygen atoms in total. The molecule has 0 bridgehead atoms. The molecule has 0 saturated carbocycles. The van der Waals surface area contributed by atoms with Crippen LogP contribution in [-0.4, -0.2) is 34.7 Å². The van der Waals surface area contributed by atoms with Gasteiger partial charge in [-0.05, 0) is 19.1 Å². The molecule has 2 aromatic carbocycles. The second-order valence-corrected chi connectivity index (χ2v) is 6.30. The molecule has 0 radical (unpaired) electrons. The van der Waals surface area contributed by atoms with Crippen LogP contribution in [0.15, 0.2) is 47.3 Å². The van der Waals surface area contributed by atoms with E-state index in [2.05, 4.69) is 5.10 Å². The van der Waals surface area contributed by atoms with Crippen molar-refractivity contribution in [1.29, 1.82) is 0 Å². The summed E-state index contributed by atoms with van der Waals surface area (Å²) in [6.07, 6.45) is 0. The lowest BCUT2D eigenvalue weighted by Crippen LogP contribution is -2.31. The lowest BCUT2D eigenvalue weighted by atomic mass is 10.1. The van der Waals surface area contributed by atoms with E-state index in [4.69, 9.17) is 4.74 Å². The normalized spacial score (nSPS) is 10.8. The molecular weight excluding hydrogens is 330 g/mol. The highest BCUT2D eigenvalue weighted by atomic mass is 16.5. The van der Waals surface area contributed by atoms with Crippen LogP contribution in [0, 0.1) is 6.92 Å². The number of aryl methyl sites for hydroxylation is 2. The minimum Gasteiger partial charge on any atom is -0.496 e. The van der Waals surface area contributed by atoms with Gasteiger partial charge in [-0.1, -0.05) is 35.9 Å². The van der Waals surface area contributed by atoms with E-state index in [-0.39, 0.29) is 17.2 Å². The van der Waals surface area contributed by atoms with E-state index in [9.17, 15) is 9.59 Å². The van der Waals surface area contributed by atoms with Crippen LogP contribution in [0.1, 0.15) is 21.6 Å². The van der Waals surface area contributed by atoms with Gasteiger partial charge in [-0.25, -0.2) is 4.68 Å². The molecule has 1 amide bonds. The first-order chi connectivity index (χ1) is 12.4. The van der Waals surface area contributed by atoms with Crippen LogP contribution >= 0.6 is 0 Å². The molecule has 0 fully saturated rings. The minimum atomic E-state index is -0.250. The summed E-state index contributed by atoms with van der Waals surface area (Å²) in [6, 6.07) is 12.9. The molecule has 3 rings (SSSR count). The van der Waals surface area contributed by atoms with Crippen molar-refractivity contribution in [3.8, 4) is 5.75 Å². The third-order valence-electron chi connectivity index (χ3n) is 4.35. The van der Waals surface area contributed by atoms with Crippen molar-refractivity contribution >= 4 is 16.7 Å². The monoisotopic (exact) mass is 351 g/mol. The van der Waals surface area contributed by atoms with Crippen molar-refractivity contribution in [2.45, 2.75) is 13.5 Å². The molecule has 0 unspecified atom stereocenters. The van der Waals surface area contributed by atoms with E-state index < -0.39 is 0 Å². The Bertz CT molecular complexity index is 1040. The van der Waals surface area contributed by atoms with Gasteiger partial charge in [0, 0.05) is 31.6 Å². The summed E-state index contributed by atoms with van der Waals surface area (Å²) in [4.78, 5) is 26.8. The summed E-state index contributed by atoms with van der Waals surface area (Å²) in [5, 5.41) is 5.25. The van der Waals surface area contributed by atoms with E-state index >= 15 is 0 Å². The van der Waals surface area contributed by atoms with Crippen LogP contribution in [0.3, 0.4) is 0 Å². The zero-order chi connectivity index (χ0) is 18.8. The number of hydrogen-bond donors (Lipinski definition) is 0. The highest BCUT2D eigenvalue weighted by Gasteiger charge is 2.20. The van der Waals surface area contributed by atoms with E-state index in [1.165, 1.54) is 4.68 Å². The van der Waals surface area contributed by atoms with E-state index in [1.54, 1.807) is 50.4 Å². The van der Waals surface area contributed by atoms with Crippen molar-refractivity contribution in [3.05, 3.63) is 69.6 Å². The van der Waals surface area contributed by atoms with Crippen molar-refractivity contribution in [3.63, 3.8) is 0 Å². The first-order valence-corrected chi connectivity index (χ1v) is 8.27. The Kier molecular flexibility index (Phi) is 4.75. The molecule has 6 heteroatoms. The fourth-order valence-electron chi connectivity index (χ4n) is 3.00. The molecule has 26 heavy (non-hydrogen) atoms. The fraction of sp³-hybridized carbons (Fsp3) is 0.250. The molecule has 0 aliphatic rings. The first-order valence-electron chi connectivity index (χ1n) is 8.27. The Morgan fingerprint density at radius 3 is 2.58 bits per heavy atom. The van der Waals surface area contributed by atoms with Gasteiger partial charge in [0.2, 0.25) is 0 Å². The van der Waals surface area contributed by atoms with E-state index in [0.29, 0.717) is 17.3 Å². The second-order valence-electron chi connectivity index (χ2n) is 6.30. The van der Waals surface area contributed by atoms with Gasteiger partial charge in [0.15, 0.2) is 5.69 Å². The molecule has 0 aliphatic heterocycles. The molecule has 0 atom stereocenters. The maximum absolute atomic E-state index is 13.0. The van der Waals surface area contributed by atoms with Crippen molar-refractivity contribution < 1.29 is 9.53 Å². The van der Waals surface area contributed by atoms with Crippen LogP contribution in [0.5, 0.6) is 5.75 Å². The van der Waals surface area contributed by atoms with Gasteiger partial charge in [0.25, 0.3) is 11.5 Å². The molecule has 0 aliphatic carbocycles. The number of rotatable bonds is 4. The number of hydrogen-bond acceptors (Lipinski definition) is 4. The van der Waals surface area contributed by atoms with Gasteiger partial charge >= 0.3 is 0 Å². The third kappa shape index (κ3) is 3.18. The number of amides is 1. The topological polar surface area (TPSA) is 64.4 Å². The number of carbonyl (C=O) groups excluding carboxylic acids is 1. The van der Waals surface area contributed by atoms with Gasteiger partial charge in [0.1, 0.15) is 5.75 Å². The van der Waals surface area contributed by atoms with Crippen LogP contribution in [0.4, 0.5) is 0 Å². The Hall–Kier alpha value is -3.15. The van der Waals surface area contributed by atoms with Crippen LogP contribution in [-0.2, 0) is 13.6 Å². The Morgan fingerprint density at radius 1 is 1.19 bits per heavy atom. The van der Waals surface area contributed by atoms with Crippen molar-refractivity contribution in [2.24, 2.45) is 7.05 Å². The summed E-state index contributed by atoms with van der Waals surface area (Å²) < 4.78 is 6.60. The standard InChI is InChI=1S/C20H21N3O3/c1-13-9-10-17(26-4)14(11-13)12-22(2)20(25)18-15-7-5-6-8-16(15)19(24)23(3)21-18/h5-11H,12H2,1-4H3. The largest absolute Gasteiger partial charge is 0.496 e. The summed E-state index contributed by atoms with van der Waals surface area (Å²) in [5.41, 5.74) is 2.04. The Labute approximate surface area is 151 Å². The first kappa shape index (κ1) is 17.7. The lowest BCUT2D eigenvalue weighted by molar-refractivity contribution is 0.0778. The summed E-state index contributed by atoms with van der Waals surface area (Å²) >= 11 is 0. The predicted octanol–water partition coefficient (Wildman–Crippen LogP) is 2.52. The smallest absolute Gasteiger partial charge is 0.274 e. The average molecular weight is 351 g/mol. The van der Waals surface area contributed by atoms with Gasteiger partial charge in [-0.15, -0.1) is 0 Å². The maximum Gasteiger partial charge on any atom is 0.274 e. The number of fused-ring (bicyclic) bond motifs is 1. The molecule has 1 heterocycles. The molecule has 3 aromatic rings. The van der Waals surface area contributed by atoms with Crippen LogP contribution in [0.2, 0.25) is 0 Å². The highest BCUT2D eigenvalue weighted by Crippen LogP contribution is 2.22. The predicted molar refractivity (Wildman–Crippen MR) is 101 cm³/mol. The molecule has 0 N–H and O–H groups in total. The number of carbonyl (C=O) groups is 1. The highest BCUT2D eigenvalue weighted by molar-refractivity contribution is 6.04.